The van der Waals surface area contributed by atoms with Gasteiger partial charge in [0.2, 0.25) is 0 Å². The summed E-state index contributed by atoms with van der Waals surface area (Å²) in [4.78, 5) is 29.9. The molecular formula is C27H29N3O6S. The molecule has 2 saturated heterocycles. The van der Waals surface area contributed by atoms with Gasteiger partial charge in [-0.3, -0.25) is 18.8 Å². The number of amides is 1. The first-order valence-corrected chi connectivity index (χ1v) is 13.3. The van der Waals surface area contributed by atoms with Gasteiger partial charge in [0, 0.05) is 44.1 Å². The van der Waals surface area contributed by atoms with Crippen LogP contribution < -0.4 is 0 Å². The Morgan fingerprint density at radius 3 is 2.22 bits per heavy atom. The zero-order valence-electron chi connectivity index (χ0n) is 20.3. The molecule has 0 spiro atoms. The molecule has 2 aromatic rings. The molecule has 2 heterocycles. The van der Waals surface area contributed by atoms with E-state index in [-0.39, 0.29) is 21.8 Å². The normalized spacial score (nSPS) is 20.1. The van der Waals surface area contributed by atoms with Gasteiger partial charge in [-0.25, -0.2) is 8.42 Å². The number of aliphatic hydroxyl groups excluding tert-OH is 1. The van der Waals surface area contributed by atoms with Gasteiger partial charge in [0.25, 0.3) is 21.7 Å². The van der Waals surface area contributed by atoms with Gasteiger partial charge in [-0.2, -0.15) is 0 Å². The number of likely N-dealkylation sites (tertiary alicyclic amines) is 1. The number of morpholine rings is 1. The number of rotatable bonds is 9. The predicted molar refractivity (Wildman–Crippen MR) is 139 cm³/mol. The second-order valence-electron chi connectivity index (χ2n) is 8.58. The molecule has 37 heavy (non-hydrogen) atoms. The number of Topliss-reactive ketones (excluding diaryl/α,β-unsaturated/α-hetero) is 1. The number of carbonyl (C=O) groups excluding carboxylic acids is 2. The van der Waals surface area contributed by atoms with Crippen LogP contribution in [0.3, 0.4) is 0 Å². The highest BCUT2D eigenvalue weighted by molar-refractivity contribution is 7.89. The van der Waals surface area contributed by atoms with E-state index in [1.165, 1.54) is 29.2 Å². The number of hydrogen-bond acceptors (Lipinski definition) is 7. The number of hydrogen-bond donors (Lipinski definition) is 1. The van der Waals surface area contributed by atoms with Gasteiger partial charge in [-0.15, -0.1) is 0 Å². The van der Waals surface area contributed by atoms with E-state index >= 15 is 0 Å². The quantitative estimate of drug-likeness (QED) is 0.306. The zero-order chi connectivity index (χ0) is 26.6. The van der Waals surface area contributed by atoms with Crippen molar-refractivity contribution in [1.82, 2.24) is 14.1 Å². The highest BCUT2D eigenvalue weighted by atomic mass is 32.2. The van der Waals surface area contributed by atoms with Crippen LogP contribution in [0.1, 0.15) is 17.2 Å². The van der Waals surface area contributed by atoms with Crippen LogP contribution in [0.5, 0.6) is 0 Å². The van der Waals surface area contributed by atoms with Crippen LogP contribution in [-0.4, -0.2) is 78.7 Å². The molecule has 0 aliphatic carbocycles. The van der Waals surface area contributed by atoms with E-state index in [0.717, 1.165) is 29.8 Å². The third-order valence-electron chi connectivity index (χ3n) is 6.48. The molecule has 2 aliphatic heterocycles. The third-order valence-corrected chi connectivity index (χ3v) is 8.20. The van der Waals surface area contributed by atoms with Gasteiger partial charge in [-0.1, -0.05) is 43.5 Å². The average Bonchev–Trinajstić information content (AvgIpc) is 3.18. The average molecular weight is 524 g/mol. The molecule has 1 amide bonds. The first-order valence-electron chi connectivity index (χ1n) is 11.8. The fourth-order valence-corrected chi connectivity index (χ4v) is 5.62. The number of sulfonamides is 1. The predicted octanol–water partition coefficient (Wildman–Crippen LogP) is 2.72. The van der Waals surface area contributed by atoms with Gasteiger partial charge in [0.05, 0.1) is 29.7 Å². The van der Waals surface area contributed by atoms with Gasteiger partial charge < -0.3 is 14.7 Å². The van der Waals surface area contributed by atoms with E-state index in [1.807, 2.05) is 18.2 Å². The van der Waals surface area contributed by atoms with Gasteiger partial charge >= 0.3 is 0 Å². The van der Waals surface area contributed by atoms with Crippen molar-refractivity contribution < 1.29 is 27.9 Å². The highest BCUT2D eigenvalue weighted by Gasteiger charge is 2.46. The minimum Gasteiger partial charge on any atom is -0.507 e. The summed E-state index contributed by atoms with van der Waals surface area (Å²) in [5.41, 5.74) is 0.874. The van der Waals surface area contributed by atoms with Crippen molar-refractivity contribution in [3.63, 3.8) is 0 Å². The topological polar surface area (TPSA) is 107 Å². The summed E-state index contributed by atoms with van der Waals surface area (Å²) in [6.07, 6.45) is 2.24. The number of nitrogens with zero attached hydrogens (tertiary/aromatic N) is 3. The third kappa shape index (κ3) is 5.22. The second-order valence-corrected chi connectivity index (χ2v) is 10.4. The van der Waals surface area contributed by atoms with Crippen molar-refractivity contribution in [1.29, 1.82) is 0 Å². The molecule has 0 bridgehead atoms. The van der Waals surface area contributed by atoms with Crippen molar-refractivity contribution in [3.8, 4) is 0 Å². The highest BCUT2D eigenvalue weighted by Crippen LogP contribution is 2.39. The van der Waals surface area contributed by atoms with Gasteiger partial charge in [0.1, 0.15) is 5.76 Å². The summed E-state index contributed by atoms with van der Waals surface area (Å²) in [5.74, 6) is -1.83. The van der Waals surface area contributed by atoms with Crippen LogP contribution in [0.4, 0.5) is 0 Å². The van der Waals surface area contributed by atoms with Crippen LogP contribution in [0.15, 0.2) is 90.6 Å². The van der Waals surface area contributed by atoms with E-state index in [4.69, 9.17) is 4.74 Å². The molecule has 1 unspecified atom stereocenters. The molecule has 1 N–H and O–H groups in total. The minimum absolute atomic E-state index is 0.0346. The monoisotopic (exact) mass is 523 g/mol. The maximum atomic E-state index is 13.2. The molecule has 4 rings (SSSR count). The molecule has 194 valence electrons. The number of ketones is 1. The maximum absolute atomic E-state index is 13.2. The van der Waals surface area contributed by atoms with E-state index in [1.54, 1.807) is 12.1 Å². The number of benzene rings is 2. The van der Waals surface area contributed by atoms with E-state index < -0.39 is 27.8 Å². The summed E-state index contributed by atoms with van der Waals surface area (Å²) in [7, 11) is -3.91. The largest absolute Gasteiger partial charge is 0.507 e. The van der Waals surface area contributed by atoms with Crippen molar-refractivity contribution >= 4 is 27.5 Å². The minimum atomic E-state index is -3.91. The van der Waals surface area contributed by atoms with E-state index in [2.05, 4.69) is 18.1 Å². The molecule has 2 fully saturated rings. The first kappa shape index (κ1) is 26.3. The smallest absolute Gasteiger partial charge is 0.295 e. The second kappa shape index (κ2) is 11.1. The summed E-state index contributed by atoms with van der Waals surface area (Å²) >= 11 is 0. The van der Waals surface area contributed by atoms with Gasteiger partial charge in [-0.05, 0) is 29.8 Å². The lowest BCUT2D eigenvalue weighted by Crippen LogP contribution is -2.42. The Hall–Kier alpha value is -3.73. The summed E-state index contributed by atoms with van der Waals surface area (Å²) in [6, 6.07) is 13.7. The fourth-order valence-electron chi connectivity index (χ4n) is 4.50. The summed E-state index contributed by atoms with van der Waals surface area (Å²) in [6.45, 7) is 10.5. The summed E-state index contributed by atoms with van der Waals surface area (Å²) in [5, 5.41) is 11.2. The van der Waals surface area contributed by atoms with Crippen LogP contribution in [0, 0.1) is 0 Å². The number of carbonyl (C=O) groups is 2. The molecule has 0 radical (unpaired) electrons. The standard InChI is InChI=1S/C27H29N3O6S/c1-3-29(4-2)37(34,35)22-12-10-21(11-13-22)25(31)23-24(20-8-6-5-7-9-20)30(27(33)26(23)32)15-14-28-16-18-36-19-17-28/h3-13,24,31H,1-2,14-19H2. The number of ether oxygens (including phenoxy) is 1. The lowest BCUT2D eigenvalue weighted by molar-refractivity contribution is -0.140. The van der Waals surface area contributed by atoms with Crippen molar-refractivity contribution in [2.75, 3.05) is 39.4 Å². The lowest BCUT2D eigenvalue weighted by atomic mass is 9.95. The molecule has 9 nitrogen and oxygen atoms in total. The Bertz CT molecular complexity index is 1310. The molecular weight excluding hydrogens is 494 g/mol. The molecule has 0 aromatic heterocycles. The number of aliphatic hydroxyl groups is 1. The van der Waals surface area contributed by atoms with E-state index in [9.17, 15) is 23.1 Å². The molecule has 0 saturated carbocycles. The van der Waals surface area contributed by atoms with Crippen molar-refractivity contribution in [3.05, 3.63) is 96.9 Å². The van der Waals surface area contributed by atoms with Crippen molar-refractivity contribution in [2.45, 2.75) is 10.9 Å². The SMILES string of the molecule is C=CN(C=C)S(=O)(=O)c1ccc(C(O)=C2C(=O)C(=O)N(CCN3CCOCC3)C2c2ccccc2)cc1. The molecule has 1 atom stereocenters. The zero-order valence-corrected chi connectivity index (χ0v) is 21.1. The first-order chi connectivity index (χ1) is 17.8. The fraction of sp³-hybridized carbons (Fsp3) is 0.259. The maximum Gasteiger partial charge on any atom is 0.295 e. The molecule has 2 aliphatic rings. The van der Waals surface area contributed by atoms with Crippen LogP contribution in [-0.2, 0) is 24.3 Å². The van der Waals surface area contributed by atoms with Crippen LogP contribution in [0.2, 0.25) is 0 Å². The molecule has 2 aromatic carbocycles. The Morgan fingerprint density at radius 2 is 1.62 bits per heavy atom. The van der Waals surface area contributed by atoms with Crippen LogP contribution >= 0.6 is 0 Å². The van der Waals surface area contributed by atoms with Crippen molar-refractivity contribution in [2.24, 2.45) is 0 Å². The summed E-state index contributed by atoms with van der Waals surface area (Å²) < 4.78 is 31.7. The van der Waals surface area contributed by atoms with Gasteiger partial charge in [0.15, 0.2) is 0 Å². The Kier molecular flexibility index (Phi) is 7.91. The Morgan fingerprint density at radius 1 is 1.00 bits per heavy atom. The van der Waals surface area contributed by atoms with E-state index in [0.29, 0.717) is 31.9 Å². The Labute approximate surface area is 216 Å². The van der Waals surface area contributed by atoms with Crippen LogP contribution in [0.25, 0.3) is 5.76 Å². The molecule has 10 heteroatoms. The lowest BCUT2D eigenvalue weighted by Gasteiger charge is -2.31. The Balaban J connectivity index is 1.70.